The highest BCUT2D eigenvalue weighted by Gasteiger charge is 2.42. The molecule has 0 amide bonds. The number of carbonyl (C=O) groups is 1. The quantitative estimate of drug-likeness (QED) is 0.714. The van der Waals surface area contributed by atoms with Gasteiger partial charge in [-0.2, -0.15) is 13.2 Å². The lowest BCUT2D eigenvalue weighted by atomic mass is 9.94. The number of rotatable bonds is 1. The second-order valence-electron chi connectivity index (χ2n) is 3.30. The van der Waals surface area contributed by atoms with E-state index in [1.165, 1.54) is 7.11 Å². The molecule has 0 spiro atoms. The van der Waals surface area contributed by atoms with Crippen molar-refractivity contribution in [1.29, 1.82) is 0 Å². The Morgan fingerprint density at radius 1 is 1.40 bits per heavy atom. The second-order valence-corrected chi connectivity index (χ2v) is 3.30. The number of halogens is 4. The van der Waals surface area contributed by atoms with E-state index in [0.29, 0.717) is 0 Å². The summed E-state index contributed by atoms with van der Waals surface area (Å²) in [5.41, 5.74) is 0. The Kier molecular flexibility index (Phi) is 5.37. The van der Waals surface area contributed by atoms with Crippen molar-refractivity contribution < 1.29 is 22.7 Å². The summed E-state index contributed by atoms with van der Waals surface area (Å²) in [6.07, 6.45) is -4.06. The van der Waals surface area contributed by atoms with Gasteiger partial charge in [-0.05, 0) is 12.8 Å². The van der Waals surface area contributed by atoms with E-state index in [4.69, 9.17) is 0 Å². The maximum Gasteiger partial charge on any atom is 0.403 e. The zero-order chi connectivity index (χ0) is 10.8. The largest absolute Gasteiger partial charge is 0.469 e. The maximum absolute atomic E-state index is 12.2. The first-order valence-corrected chi connectivity index (χ1v) is 4.33. The molecule has 1 fully saturated rings. The Balaban J connectivity index is 0.00000196. The molecule has 2 unspecified atom stereocenters. The zero-order valence-electron chi connectivity index (χ0n) is 8.13. The van der Waals surface area contributed by atoms with Crippen LogP contribution in [-0.2, 0) is 9.53 Å². The third kappa shape index (κ3) is 3.87. The molecule has 0 aliphatic carbocycles. The van der Waals surface area contributed by atoms with Gasteiger partial charge in [0.25, 0.3) is 0 Å². The first-order valence-electron chi connectivity index (χ1n) is 4.33. The number of esters is 1. The normalized spacial score (nSPS) is 26.7. The molecule has 1 saturated heterocycles. The molecule has 1 rings (SSSR count). The Labute approximate surface area is 91.8 Å². The minimum absolute atomic E-state index is 0. The van der Waals surface area contributed by atoms with E-state index in [0.717, 1.165) is 0 Å². The van der Waals surface area contributed by atoms with Crippen molar-refractivity contribution >= 4 is 18.4 Å². The number of piperidine rings is 1. The standard InChI is InChI=1S/C8H12F3NO2.ClH/c1-14-7(13)5-2-3-6(12-4-5)8(9,10)11;/h5-6,12H,2-4H2,1H3;1H. The van der Waals surface area contributed by atoms with Gasteiger partial charge in [0.2, 0.25) is 0 Å². The molecular formula is C8H13ClF3NO2. The van der Waals surface area contributed by atoms with Gasteiger partial charge in [-0.1, -0.05) is 0 Å². The van der Waals surface area contributed by atoms with E-state index in [-0.39, 0.29) is 31.8 Å². The van der Waals surface area contributed by atoms with Crippen molar-refractivity contribution in [3.63, 3.8) is 0 Å². The molecule has 1 aliphatic heterocycles. The average molecular weight is 248 g/mol. The summed E-state index contributed by atoms with van der Waals surface area (Å²) in [7, 11) is 1.23. The van der Waals surface area contributed by atoms with E-state index >= 15 is 0 Å². The average Bonchev–Trinajstić information content (AvgIpc) is 2.15. The summed E-state index contributed by atoms with van der Waals surface area (Å²) < 4.78 is 41.0. The van der Waals surface area contributed by atoms with Crippen LogP contribution < -0.4 is 5.32 Å². The van der Waals surface area contributed by atoms with Gasteiger partial charge < -0.3 is 10.1 Å². The third-order valence-corrected chi connectivity index (χ3v) is 2.34. The fourth-order valence-corrected chi connectivity index (χ4v) is 1.50. The van der Waals surface area contributed by atoms with Crippen LogP contribution in [0, 0.1) is 5.92 Å². The van der Waals surface area contributed by atoms with Crippen molar-refractivity contribution in [3.05, 3.63) is 0 Å². The predicted octanol–water partition coefficient (Wildman–Crippen LogP) is 1.51. The van der Waals surface area contributed by atoms with E-state index in [9.17, 15) is 18.0 Å². The van der Waals surface area contributed by atoms with Gasteiger partial charge in [-0.15, -0.1) is 12.4 Å². The van der Waals surface area contributed by atoms with Crippen LogP contribution in [0.25, 0.3) is 0 Å². The van der Waals surface area contributed by atoms with Crippen LogP contribution in [0.15, 0.2) is 0 Å². The molecule has 7 heteroatoms. The van der Waals surface area contributed by atoms with Gasteiger partial charge in [-0.25, -0.2) is 0 Å². The van der Waals surface area contributed by atoms with Crippen LogP contribution in [0.2, 0.25) is 0 Å². The molecule has 0 bridgehead atoms. The van der Waals surface area contributed by atoms with Crippen LogP contribution in [0.3, 0.4) is 0 Å². The summed E-state index contributed by atoms with van der Waals surface area (Å²) in [5, 5.41) is 2.30. The highest BCUT2D eigenvalue weighted by Crippen LogP contribution is 2.28. The number of nitrogens with one attached hydrogen (secondary N) is 1. The topological polar surface area (TPSA) is 38.3 Å². The van der Waals surface area contributed by atoms with Gasteiger partial charge in [0.1, 0.15) is 6.04 Å². The van der Waals surface area contributed by atoms with Gasteiger partial charge in [0, 0.05) is 6.54 Å². The Morgan fingerprint density at radius 3 is 2.33 bits per heavy atom. The van der Waals surface area contributed by atoms with E-state index in [2.05, 4.69) is 10.1 Å². The van der Waals surface area contributed by atoms with Gasteiger partial charge in [0.15, 0.2) is 0 Å². The molecule has 15 heavy (non-hydrogen) atoms. The molecule has 0 radical (unpaired) electrons. The highest BCUT2D eigenvalue weighted by atomic mass is 35.5. The van der Waals surface area contributed by atoms with Crippen molar-refractivity contribution in [2.45, 2.75) is 25.1 Å². The maximum atomic E-state index is 12.2. The zero-order valence-corrected chi connectivity index (χ0v) is 8.95. The molecular weight excluding hydrogens is 235 g/mol. The van der Waals surface area contributed by atoms with Gasteiger partial charge in [-0.3, -0.25) is 4.79 Å². The smallest absolute Gasteiger partial charge is 0.403 e. The first kappa shape index (κ1) is 14.5. The molecule has 0 aromatic rings. The third-order valence-electron chi connectivity index (χ3n) is 2.34. The first-order chi connectivity index (χ1) is 6.45. The fraction of sp³-hybridized carbons (Fsp3) is 0.875. The molecule has 1 N–H and O–H groups in total. The summed E-state index contributed by atoms with van der Waals surface area (Å²) >= 11 is 0. The molecule has 2 atom stereocenters. The van der Waals surface area contributed by atoms with Crippen LogP contribution in [-0.4, -0.2) is 31.8 Å². The molecule has 1 aliphatic rings. The molecule has 90 valence electrons. The summed E-state index contributed by atoms with van der Waals surface area (Å²) in [5.74, 6) is -0.892. The Hall–Kier alpha value is -0.490. The molecule has 0 aromatic carbocycles. The molecule has 0 aromatic heterocycles. The van der Waals surface area contributed by atoms with Gasteiger partial charge in [0.05, 0.1) is 13.0 Å². The van der Waals surface area contributed by atoms with E-state index in [1.54, 1.807) is 0 Å². The van der Waals surface area contributed by atoms with E-state index in [1.807, 2.05) is 0 Å². The minimum Gasteiger partial charge on any atom is -0.469 e. The number of carbonyl (C=O) groups excluding carboxylic acids is 1. The van der Waals surface area contributed by atoms with Crippen molar-refractivity contribution in [2.24, 2.45) is 5.92 Å². The lowest BCUT2D eigenvalue weighted by molar-refractivity contribution is -0.167. The fourth-order valence-electron chi connectivity index (χ4n) is 1.50. The summed E-state index contributed by atoms with van der Waals surface area (Å²) in [6.45, 7) is 0.0385. The van der Waals surface area contributed by atoms with Crippen LogP contribution >= 0.6 is 12.4 Å². The number of ether oxygens (including phenoxy) is 1. The number of hydrogen-bond acceptors (Lipinski definition) is 3. The molecule has 0 saturated carbocycles. The van der Waals surface area contributed by atoms with Gasteiger partial charge >= 0.3 is 12.1 Å². The van der Waals surface area contributed by atoms with Crippen LogP contribution in [0.5, 0.6) is 0 Å². The van der Waals surface area contributed by atoms with Crippen LogP contribution in [0.4, 0.5) is 13.2 Å². The van der Waals surface area contributed by atoms with E-state index < -0.39 is 24.1 Å². The molecule has 1 heterocycles. The predicted molar refractivity (Wildman–Crippen MR) is 49.8 cm³/mol. The minimum atomic E-state index is -4.22. The number of methoxy groups -OCH3 is 1. The lowest BCUT2D eigenvalue weighted by Crippen LogP contribution is -2.49. The number of hydrogen-bond donors (Lipinski definition) is 1. The number of alkyl halides is 3. The lowest BCUT2D eigenvalue weighted by Gasteiger charge is -2.29. The Bertz CT molecular complexity index is 214. The van der Waals surface area contributed by atoms with Crippen molar-refractivity contribution in [2.75, 3.05) is 13.7 Å². The van der Waals surface area contributed by atoms with Crippen molar-refractivity contribution in [1.82, 2.24) is 5.32 Å². The van der Waals surface area contributed by atoms with Crippen LogP contribution in [0.1, 0.15) is 12.8 Å². The Morgan fingerprint density at radius 2 is 2.00 bits per heavy atom. The molecule has 3 nitrogen and oxygen atoms in total. The van der Waals surface area contributed by atoms with Crippen molar-refractivity contribution in [3.8, 4) is 0 Å². The summed E-state index contributed by atoms with van der Waals surface area (Å²) in [4.78, 5) is 11.0. The SMILES string of the molecule is COC(=O)C1CCC(C(F)(F)F)NC1.Cl. The highest BCUT2D eigenvalue weighted by molar-refractivity contribution is 5.85. The summed E-state index contributed by atoms with van der Waals surface area (Å²) in [6, 6.07) is -1.48. The second kappa shape index (κ2) is 5.55. The monoisotopic (exact) mass is 247 g/mol.